The van der Waals surface area contributed by atoms with Gasteiger partial charge in [0.15, 0.2) is 0 Å². The molecule has 0 aliphatic carbocycles. The normalized spacial score (nSPS) is 12.3. The zero-order valence-electron chi connectivity index (χ0n) is 8.58. The highest BCUT2D eigenvalue weighted by Crippen LogP contribution is 2.43. The number of nitrogens with zero attached hydrogens (tertiary/aromatic N) is 1. The van der Waals surface area contributed by atoms with Crippen molar-refractivity contribution < 1.29 is 36.0 Å². The predicted molar refractivity (Wildman–Crippen MR) is 51.7 cm³/mol. The van der Waals surface area contributed by atoms with Crippen LogP contribution in [-0.4, -0.2) is 16.8 Å². The van der Waals surface area contributed by atoms with Gasteiger partial charge in [-0.3, -0.25) is 10.1 Å². The van der Waals surface area contributed by atoms with Crippen molar-refractivity contribution in [2.45, 2.75) is 16.8 Å². The van der Waals surface area contributed by atoms with Gasteiger partial charge in [0.25, 0.3) is 5.69 Å². The molecule has 0 saturated heterocycles. The Morgan fingerprint density at radius 1 is 1.16 bits per heavy atom. The summed E-state index contributed by atoms with van der Waals surface area (Å²) < 4.78 is 75.4. The second-order valence-electron chi connectivity index (χ2n) is 2.98. The summed E-state index contributed by atoms with van der Waals surface area (Å²) in [6.45, 7) is 0. The molecule has 0 atom stereocenters. The van der Waals surface area contributed by atoms with E-state index in [0.29, 0.717) is 18.2 Å². The summed E-state index contributed by atoms with van der Waals surface area (Å²) in [5.74, 6) is -0.968. The molecule has 0 aromatic heterocycles. The topological polar surface area (TPSA) is 52.4 Å². The molecule has 0 spiro atoms. The van der Waals surface area contributed by atoms with Crippen molar-refractivity contribution >= 4 is 17.4 Å². The molecule has 0 heterocycles. The molecule has 0 bridgehead atoms. The van der Waals surface area contributed by atoms with Crippen LogP contribution in [0.4, 0.5) is 32.0 Å². The van der Waals surface area contributed by atoms with Crippen LogP contribution >= 0.6 is 11.8 Å². The largest absolute Gasteiger partial charge is 0.573 e. The van der Waals surface area contributed by atoms with Gasteiger partial charge in [0, 0.05) is 12.1 Å². The molecule has 0 aliphatic heterocycles. The van der Waals surface area contributed by atoms with Gasteiger partial charge in [0.05, 0.1) is 9.82 Å². The fourth-order valence-corrected chi connectivity index (χ4v) is 1.72. The lowest BCUT2D eigenvalue weighted by molar-refractivity contribution is -0.387. The van der Waals surface area contributed by atoms with Gasteiger partial charge in [-0.2, -0.15) is 13.2 Å². The molecule has 0 saturated carbocycles. The lowest BCUT2D eigenvalue weighted by atomic mass is 10.3. The smallest absolute Gasteiger partial charge is 0.406 e. The first kappa shape index (κ1) is 15.4. The number of hydrogen-bond acceptors (Lipinski definition) is 4. The number of rotatable bonds is 3. The molecule has 0 fully saturated rings. The highest BCUT2D eigenvalue weighted by Gasteiger charge is 2.35. The Morgan fingerprint density at radius 2 is 1.74 bits per heavy atom. The summed E-state index contributed by atoms with van der Waals surface area (Å²) in [5.41, 5.74) is -5.83. The van der Waals surface area contributed by atoms with Crippen LogP contribution in [0.2, 0.25) is 0 Å². The van der Waals surface area contributed by atoms with Crippen LogP contribution in [0.15, 0.2) is 23.1 Å². The molecule has 0 unspecified atom stereocenters. The summed E-state index contributed by atoms with van der Waals surface area (Å²) in [6, 6.07) is 1.38. The number of halogens is 6. The standard InChI is InChI=1S/C8H3F6NO3S/c9-7(10,11)18-4-1-2-5(15(16)17)6(3-4)19-8(12,13)14/h1-3H. The first-order valence-corrected chi connectivity index (χ1v) is 5.09. The molecule has 106 valence electrons. The molecular weight excluding hydrogens is 304 g/mol. The molecule has 11 heteroatoms. The van der Waals surface area contributed by atoms with Crippen LogP contribution in [-0.2, 0) is 0 Å². The van der Waals surface area contributed by atoms with Gasteiger partial charge in [-0.05, 0) is 17.8 Å². The van der Waals surface area contributed by atoms with Gasteiger partial charge in [0.2, 0.25) is 0 Å². The van der Waals surface area contributed by atoms with Crippen LogP contribution in [0.1, 0.15) is 0 Å². The van der Waals surface area contributed by atoms with E-state index in [1.807, 2.05) is 0 Å². The number of hydrogen-bond donors (Lipinski definition) is 0. The van der Waals surface area contributed by atoms with E-state index >= 15 is 0 Å². The second-order valence-corrected chi connectivity index (χ2v) is 4.09. The Kier molecular flexibility index (Phi) is 4.18. The fourth-order valence-electron chi connectivity index (χ4n) is 1.05. The first-order valence-electron chi connectivity index (χ1n) is 4.28. The van der Waals surface area contributed by atoms with Gasteiger partial charge < -0.3 is 4.74 Å². The minimum absolute atomic E-state index is 0.309. The third-order valence-corrected chi connectivity index (χ3v) is 2.37. The van der Waals surface area contributed by atoms with Gasteiger partial charge >= 0.3 is 11.9 Å². The number of ether oxygens (including phenoxy) is 1. The van der Waals surface area contributed by atoms with Gasteiger partial charge in [-0.25, -0.2) is 0 Å². The van der Waals surface area contributed by atoms with Crippen molar-refractivity contribution in [2.75, 3.05) is 0 Å². The zero-order chi connectivity index (χ0) is 14.8. The molecule has 19 heavy (non-hydrogen) atoms. The second kappa shape index (κ2) is 5.15. The Bertz CT molecular complexity index is 486. The number of benzene rings is 1. The van der Waals surface area contributed by atoms with Crippen LogP contribution in [0.3, 0.4) is 0 Å². The van der Waals surface area contributed by atoms with Gasteiger partial charge in [-0.1, -0.05) is 0 Å². The average molecular weight is 307 g/mol. The van der Waals surface area contributed by atoms with Crippen LogP contribution < -0.4 is 4.74 Å². The SMILES string of the molecule is O=[N+]([O-])c1ccc(OC(F)(F)F)cc1SC(F)(F)F. The molecule has 4 nitrogen and oxygen atoms in total. The summed E-state index contributed by atoms with van der Waals surface area (Å²) in [4.78, 5) is 8.35. The van der Waals surface area contributed by atoms with Crippen LogP contribution in [0, 0.1) is 10.1 Å². The molecule has 1 rings (SSSR count). The van der Waals surface area contributed by atoms with E-state index in [4.69, 9.17) is 0 Å². The molecule has 0 amide bonds. The Labute approximate surface area is 105 Å². The Hall–Kier alpha value is -1.65. The van der Waals surface area contributed by atoms with Crippen molar-refractivity contribution in [3.8, 4) is 5.75 Å². The number of thioether (sulfide) groups is 1. The van der Waals surface area contributed by atoms with E-state index < -0.39 is 44.9 Å². The molecule has 1 aromatic rings. The van der Waals surface area contributed by atoms with Crippen molar-refractivity contribution in [1.82, 2.24) is 0 Å². The maximum atomic E-state index is 12.1. The van der Waals surface area contributed by atoms with E-state index in [1.165, 1.54) is 0 Å². The molecule has 1 aromatic carbocycles. The van der Waals surface area contributed by atoms with E-state index in [2.05, 4.69) is 4.74 Å². The maximum Gasteiger partial charge on any atom is 0.573 e. The number of alkyl halides is 6. The molecule has 0 radical (unpaired) electrons. The minimum atomic E-state index is -5.10. The van der Waals surface area contributed by atoms with Crippen LogP contribution in [0.5, 0.6) is 5.75 Å². The zero-order valence-corrected chi connectivity index (χ0v) is 9.40. The highest BCUT2D eigenvalue weighted by atomic mass is 32.2. The molecule has 0 aliphatic rings. The molecular formula is C8H3F6NO3S. The van der Waals surface area contributed by atoms with Gasteiger partial charge in [0.1, 0.15) is 5.75 Å². The predicted octanol–water partition coefficient (Wildman–Crippen LogP) is 4.11. The van der Waals surface area contributed by atoms with E-state index in [1.54, 1.807) is 0 Å². The summed E-state index contributed by atoms with van der Waals surface area (Å²) >= 11 is -0.893. The highest BCUT2D eigenvalue weighted by molar-refractivity contribution is 8.00. The summed E-state index contributed by atoms with van der Waals surface area (Å²) in [5, 5.41) is 10.5. The summed E-state index contributed by atoms with van der Waals surface area (Å²) in [7, 11) is 0. The number of nitro groups is 1. The van der Waals surface area contributed by atoms with E-state index in [9.17, 15) is 36.5 Å². The van der Waals surface area contributed by atoms with Crippen LogP contribution in [0.25, 0.3) is 0 Å². The summed E-state index contributed by atoms with van der Waals surface area (Å²) in [6.07, 6.45) is -5.10. The van der Waals surface area contributed by atoms with Crippen molar-refractivity contribution in [1.29, 1.82) is 0 Å². The Morgan fingerprint density at radius 3 is 2.16 bits per heavy atom. The van der Waals surface area contributed by atoms with Crippen molar-refractivity contribution in [3.63, 3.8) is 0 Å². The quantitative estimate of drug-likeness (QED) is 0.365. The number of nitro benzene ring substituents is 1. The first-order chi connectivity index (χ1) is 8.48. The van der Waals surface area contributed by atoms with E-state index in [-0.39, 0.29) is 0 Å². The lowest BCUT2D eigenvalue weighted by Crippen LogP contribution is -2.17. The van der Waals surface area contributed by atoms with Crippen molar-refractivity contribution in [2.24, 2.45) is 0 Å². The van der Waals surface area contributed by atoms with Crippen molar-refractivity contribution in [3.05, 3.63) is 28.3 Å². The monoisotopic (exact) mass is 307 g/mol. The maximum absolute atomic E-state index is 12.1. The average Bonchev–Trinajstić information content (AvgIpc) is 2.11. The third kappa shape index (κ3) is 5.24. The molecule has 0 N–H and O–H groups in total. The fraction of sp³-hybridized carbons (Fsp3) is 0.250. The third-order valence-electron chi connectivity index (χ3n) is 1.59. The minimum Gasteiger partial charge on any atom is -0.406 e. The lowest BCUT2D eigenvalue weighted by Gasteiger charge is -2.11. The Balaban J connectivity index is 3.15. The van der Waals surface area contributed by atoms with Gasteiger partial charge in [-0.15, -0.1) is 13.2 Å². The van der Waals surface area contributed by atoms with E-state index in [0.717, 1.165) is 0 Å².